The Morgan fingerprint density at radius 2 is 1.82 bits per heavy atom. The van der Waals surface area contributed by atoms with Gasteiger partial charge in [-0.25, -0.2) is 0 Å². The van der Waals surface area contributed by atoms with E-state index in [1.807, 2.05) is 6.92 Å². The second-order valence-electron chi connectivity index (χ2n) is 8.07. The van der Waals surface area contributed by atoms with Crippen LogP contribution in [0.15, 0.2) is 35.1 Å². The molecule has 2 aromatic rings. The van der Waals surface area contributed by atoms with E-state index < -0.39 is 0 Å². The number of pyridine rings is 1. The molecule has 0 radical (unpaired) electrons. The van der Waals surface area contributed by atoms with Crippen molar-refractivity contribution < 1.29 is 9.84 Å². The standard InChI is InChI=1S/C23H32N2O3/c1-16-5-7-19(8-6-16)22(24-11-9-17(2)10-12-24)21-20(26)15-18(3)25(23(21)27)13-14-28-4/h5-8,15,17,22,26H,9-14H2,1-4H3/t22-/m1/s1. The molecule has 1 atom stereocenters. The van der Waals surface area contributed by atoms with Gasteiger partial charge in [-0.1, -0.05) is 36.8 Å². The molecule has 5 nitrogen and oxygen atoms in total. The maximum atomic E-state index is 13.4. The molecule has 1 aliphatic heterocycles. The maximum Gasteiger partial charge on any atom is 0.259 e. The largest absolute Gasteiger partial charge is 0.507 e. The van der Waals surface area contributed by atoms with E-state index in [1.54, 1.807) is 17.7 Å². The smallest absolute Gasteiger partial charge is 0.259 e. The van der Waals surface area contributed by atoms with E-state index in [2.05, 4.69) is 43.0 Å². The molecule has 3 rings (SSSR count). The van der Waals surface area contributed by atoms with Crippen molar-refractivity contribution in [3.63, 3.8) is 0 Å². The van der Waals surface area contributed by atoms with Gasteiger partial charge in [0.2, 0.25) is 0 Å². The lowest BCUT2D eigenvalue weighted by atomic mass is 9.91. The summed E-state index contributed by atoms with van der Waals surface area (Å²) in [6.07, 6.45) is 2.21. The van der Waals surface area contributed by atoms with Gasteiger partial charge in [-0.2, -0.15) is 0 Å². The second-order valence-corrected chi connectivity index (χ2v) is 8.07. The summed E-state index contributed by atoms with van der Waals surface area (Å²) in [7, 11) is 1.63. The normalized spacial score (nSPS) is 17.0. The predicted molar refractivity (Wildman–Crippen MR) is 112 cm³/mol. The number of methoxy groups -OCH3 is 1. The molecule has 1 aliphatic rings. The molecule has 0 amide bonds. The van der Waals surface area contributed by atoms with Crippen LogP contribution in [-0.2, 0) is 11.3 Å². The van der Waals surface area contributed by atoms with Gasteiger partial charge in [0.1, 0.15) is 5.75 Å². The molecule has 152 valence electrons. The Morgan fingerprint density at radius 3 is 2.43 bits per heavy atom. The Balaban J connectivity index is 2.12. The highest BCUT2D eigenvalue weighted by Crippen LogP contribution is 2.35. The first kappa shape index (κ1) is 20.6. The van der Waals surface area contributed by atoms with Crippen LogP contribution in [0.25, 0.3) is 0 Å². The third-order valence-corrected chi connectivity index (χ3v) is 5.89. The van der Waals surface area contributed by atoms with Crippen molar-refractivity contribution in [3.8, 4) is 5.75 Å². The Kier molecular flexibility index (Phi) is 6.57. The molecule has 28 heavy (non-hydrogen) atoms. The average Bonchev–Trinajstić information content (AvgIpc) is 2.67. The van der Waals surface area contributed by atoms with Crippen LogP contribution in [0.5, 0.6) is 5.75 Å². The van der Waals surface area contributed by atoms with Crippen molar-refractivity contribution in [2.45, 2.75) is 46.2 Å². The van der Waals surface area contributed by atoms with Crippen LogP contribution in [-0.4, -0.2) is 41.4 Å². The number of benzene rings is 1. The van der Waals surface area contributed by atoms with Gasteiger partial charge in [0.25, 0.3) is 5.56 Å². The highest BCUT2D eigenvalue weighted by Gasteiger charge is 2.31. The van der Waals surface area contributed by atoms with E-state index >= 15 is 0 Å². The van der Waals surface area contributed by atoms with Gasteiger partial charge in [-0.15, -0.1) is 0 Å². The fourth-order valence-corrected chi connectivity index (χ4v) is 4.08. The lowest BCUT2D eigenvalue weighted by Crippen LogP contribution is -2.40. The molecule has 0 bridgehead atoms. The number of ether oxygens (including phenoxy) is 1. The van der Waals surface area contributed by atoms with Crippen LogP contribution in [0.2, 0.25) is 0 Å². The van der Waals surface area contributed by atoms with E-state index in [9.17, 15) is 9.90 Å². The number of aryl methyl sites for hydroxylation is 2. The van der Waals surface area contributed by atoms with Crippen molar-refractivity contribution in [2.75, 3.05) is 26.8 Å². The lowest BCUT2D eigenvalue weighted by molar-refractivity contribution is 0.154. The molecule has 0 unspecified atom stereocenters. The fourth-order valence-electron chi connectivity index (χ4n) is 4.08. The Labute approximate surface area is 167 Å². The highest BCUT2D eigenvalue weighted by atomic mass is 16.5. The molecule has 0 saturated carbocycles. The predicted octanol–water partition coefficient (Wildman–Crippen LogP) is 3.64. The summed E-state index contributed by atoms with van der Waals surface area (Å²) in [5, 5.41) is 10.8. The fraction of sp³-hybridized carbons (Fsp3) is 0.522. The summed E-state index contributed by atoms with van der Waals surface area (Å²) in [4.78, 5) is 15.8. The monoisotopic (exact) mass is 384 g/mol. The summed E-state index contributed by atoms with van der Waals surface area (Å²) in [6.45, 7) is 8.97. The highest BCUT2D eigenvalue weighted by molar-refractivity contribution is 5.41. The Morgan fingerprint density at radius 1 is 1.18 bits per heavy atom. The first-order chi connectivity index (χ1) is 13.4. The van der Waals surface area contributed by atoms with E-state index in [0.29, 0.717) is 24.6 Å². The van der Waals surface area contributed by atoms with Crippen molar-refractivity contribution in [1.29, 1.82) is 0 Å². The van der Waals surface area contributed by atoms with Gasteiger partial charge in [-0.3, -0.25) is 9.69 Å². The Bertz CT molecular complexity index is 849. The minimum atomic E-state index is -0.241. The zero-order chi connectivity index (χ0) is 20.3. The molecule has 0 spiro atoms. The molecule has 1 saturated heterocycles. The first-order valence-electron chi connectivity index (χ1n) is 10.1. The van der Waals surface area contributed by atoms with Crippen molar-refractivity contribution in [1.82, 2.24) is 9.47 Å². The van der Waals surface area contributed by atoms with Crippen LogP contribution >= 0.6 is 0 Å². The van der Waals surface area contributed by atoms with E-state index in [0.717, 1.165) is 37.2 Å². The average molecular weight is 385 g/mol. The summed E-state index contributed by atoms with van der Waals surface area (Å²) >= 11 is 0. The van der Waals surface area contributed by atoms with Gasteiger partial charge in [0.15, 0.2) is 0 Å². The van der Waals surface area contributed by atoms with Gasteiger partial charge in [-0.05, 0) is 57.3 Å². The molecule has 1 aromatic carbocycles. The molecule has 0 aliphatic carbocycles. The quantitative estimate of drug-likeness (QED) is 0.826. The third-order valence-electron chi connectivity index (χ3n) is 5.89. The number of piperidine rings is 1. The first-order valence-corrected chi connectivity index (χ1v) is 10.1. The van der Waals surface area contributed by atoms with Crippen LogP contribution < -0.4 is 5.56 Å². The molecule has 1 N–H and O–H groups in total. The van der Waals surface area contributed by atoms with Crippen LogP contribution in [0.3, 0.4) is 0 Å². The van der Waals surface area contributed by atoms with Crippen LogP contribution in [0, 0.1) is 19.8 Å². The molecule has 5 heteroatoms. The molecule has 1 fully saturated rings. The summed E-state index contributed by atoms with van der Waals surface area (Å²) in [5.74, 6) is 0.778. The Hall–Kier alpha value is -2.11. The molecular formula is C23H32N2O3. The van der Waals surface area contributed by atoms with Crippen molar-refractivity contribution in [3.05, 3.63) is 63.1 Å². The van der Waals surface area contributed by atoms with Gasteiger partial charge >= 0.3 is 0 Å². The number of rotatable bonds is 6. The number of aromatic hydroxyl groups is 1. The topological polar surface area (TPSA) is 54.7 Å². The van der Waals surface area contributed by atoms with Crippen molar-refractivity contribution >= 4 is 0 Å². The summed E-state index contributed by atoms with van der Waals surface area (Å²) in [6, 6.07) is 9.77. The lowest BCUT2D eigenvalue weighted by Gasteiger charge is -2.37. The zero-order valence-electron chi connectivity index (χ0n) is 17.4. The number of hydrogen-bond acceptors (Lipinski definition) is 4. The number of hydrogen-bond donors (Lipinski definition) is 1. The van der Waals surface area contributed by atoms with Gasteiger partial charge < -0.3 is 14.4 Å². The number of nitrogens with zero attached hydrogens (tertiary/aromatic N) is 2. The van der Waals surface area contributed by atoms with Gasteiger partial charge in [0.05, 0.1) is 18.2 Å². The van der Waals surface area contributed by atoms with Crippen molar-refractivity contribution in [2.24, 2.45) is 5.92 Å². The summed E-state index contributed by atoms with van der Waals surface area (Å²) < 4.78 is 6.89. The van der Waals surface area contributed by atoms with Crippen LogP contribution in [0.1, 0.15) is 48.2 Å². The van der Waals surface area contributed by atoms with Gasteiger partial charge in [0, 0.05) is 19.3 Å². The summed E-state index contributed by atoms with van der Waals surface area (Å²) in [5.41, 5.74) is 3.33. The number of likely N-dealkylation sites (tertiary alicyclic amines) is 1. The van der Waals surface area contributed by atoms with E-state index in [-0.39, 0.29) is 17.4 Å². The minimum absolute atomic E-state index is 0.0837. The number of aromatic nitrogens is 1. The van der Waals surface area contributed by atoms with E-state index in [4.69, 9.17) is 4.74 Å². The third kappa shape index (κ3) is 4.31. The maximum absolute atomic E-state index is 13.4. The molecule has 2 heterocycles. The zero-order valence-corrected chi connectivity index (χ0v) is 17.4. The second kappa shape index (κ2) is 8.93. The minimum Gasteiger partial charge on any atom is -0.507 e. The molecule has 1 aromatic heterocycles. The van der Waals surface area contributed by atoms with E-state index in [1.165, 1.54) is 5.56 Å². The molecular weight excluding hydrogens is 352 g/mol. The SMILES string of the molecule is COCCn1c(C)cc(O)c([C@@H](c2ccc(C)cc2)N2CCC(C)CC2)c1=O. The van der Waals surface area contributed by atoms with Crippen LogP contribution in [0.4, 0.5) is 0 Å².